The molecular formula is C17H22N2O3. The van der Waals surface area contributed by atoms with Crippen LogP contribution in [0.5, 0.6) is 0 Å². The van der Waals surface area contributed by atoms with Crippen LogP contribution in [0.25, 0.3) is 10.9 Å². The Kier molecular flexibility index (Phi) is 4.75. The van der Waals surface area contributed by atoms with Crippen LogP contribution >= 0.6 is 0 Å². The van der Waals surface area contributed by atoms with E-state index in [1.165, 1.54) is 0 Å². The molecule has 1 N–H and O–H groups in total. The third-order valence-electron chi connectivity index (χ3n) is 4.13. The second kappa shape index (κ2) is 6.94. The van der Waals surface area contributed by atoms with Crippen LogP contribution in [0, 0.1) is 0 Å². The van der Waals surface area contributed by atoms with Gasteiger partial charge in [-0.25, -0.2) is 0 Å². The highest BCUT2D eigenvalue weighted by Gasteiger charge is 2.24. The molecule has 0 saturated carbocycles. The molecule has 22 heavy (non-hydrogen) atoms. The lowest BCUT2D eigenvalue weighted by molar-refractivity contribution is -0.0123. The summed E-state index contributed by atoms with van der Waals surface area (Å²) in [6.07, 6.45) is 2.01. The summed E-state index contributed by atoms with van der Waals surface area (Å²) in [5, 5.41) is 1.07. The van der Waals surface area contributed by atoms with Crippen LogP contribution in [0.15, 0.2) is 30.3 Å². The molecule has 1 saturated heterocycles. The Morgan fingerprint density at radius 1 is 1.27 bits per heavy atom. The molecule has 2 aromatic rings. The van der Waals surface area contributed by atoms with Crippen LogP contribution in [0.3, 0.4) is 0 Å². The molecular weight excluding hydrogens is 280 g/mol. The third kappa shape index (κ3) is 3.31. The molecule has 1 fully saturated rings. The zero-order chi connectivity index (χ0) is 15.4. The van der Waals surface area contributed by atoms with E-state index in [1.807, 2.05) is 35.2 Å². The van der Waals surface area contributed by atoms with E-state index in [4.69, 9.17) is 9.47 Å². The quantitative estimate of drug-likeness (QED) is 0.863. The van der Waals surface area contributed by atoms with Gasteiger partial charge < -0.3 is 19.4 Å². The molecule has 0 bridgehead atoms. The molecule has 0 atom stereocenters. The molecule has 118 valence electrons. The summed E-state index contributed by atoms with van der Waals surface area (Å²) >= 11 is 0. The number of piperidine rings is 1. The van der Waals surface area contributed by atoms with Crippen molar-refractivity contribution < 1.29 is 14.3 Å². The summed E-state index contributed by atoms with van der Waals surface area (Å²) in [5.74, 6) is 0.0755. The second-order valence-corrected chi connectivity index (χ2v) is 5.63. The molecule has 5 nitrogen and oxygen atoms in total. The molecule has 0 spiro atoms. The smallest absolute Gasteiger partial charge is 0.270 e. The Labute approximate surface area is 130 Å². The molecule has 5 heteroatoms. The largest absolute Gasteiger partial charge is 0.382 e. The first kappa shape index (κ1) is 15.1. The van der Waals surface area contributed by atoms with Gasteiger partial charge in [0.15, 0.2) is 0 Å². The van der Waals surface area contributed by atoms with Crippen molar-refractivity contribution in [1.29, 1.82) is 0 Å². The van der Waals surface area contributed by atoms with Crippen molar-refractivity contribution in [2.75, 3.05) is 33.4 Å². The van der Waals surface area contributed by atoms with E-state index in [1.54, 1.807) is 7.11 Å². The molecule has 0 aliphatic carbocycles. The fourth-order valence-electron chi connectivity index (χ4n) is 2.88. The predicted molar refractivity (Wildman–Crippen MR) is 85.1 cm³/mol. The van der Waals surface area contributed by atoms with Crippen molar-refractivity contribution in [2.24, 2.45) is 0 Å². The Morgan fingerprint density at radius 2 is 2.05 bits per heavy atom. The van der Waals surface area contributed by atoms with Crippen LogP contribution in [-0.2, 0) is 9.47 Å². The fourth-order valence-corrected chi connectivity index (χ4v) is 2.88. The van der Waals surface area contributed by atoms with E-state index < -0.39 is 0 Å². The number of amides is 1. The molecule has 0 radical (unpaired) electrons. The number of carbonyl (C=O) groups is 1. The number of nitrogens with zero attached hydrogens (tertiary/aromatic N) is 1. The number of nitrogens with one attached hydrogen (secondary N) is 1. The number of carbonyl (C=O) groups excluding carboxylic acids is 1. The molecule has 3 rings (SSSR count). The van der Waals surface area contributed by atoms with Crippen LogP contribution in [0.2, 0.25) is 0 Å². The average Bonchev–Trinajstić information content (AvgIpc) is 2.99. The molecule has 1 amide bonds. The van der Waals surface area contributed by atoms with Gasteiger partial charge in [0, 0.05) is 31.1 Å². The number of aromatic amines is 1. The lowest BCUT2D eigenvalue weighted by Crippen LogP contribution is -2.41. The maximum Gasteiger partial charge on any atom is 0.270 e. The monoisotopic (exact) mass is 302 g/mol. The number of methoxy groups -OCH3 is 1. The first-order valence-corrected chi connectivity index (χ1v) is 7.75. The van der Waals surface area contributed by atoms with Gasteiger partial charge in [-0.3, -0.25) is 4.79 Å². The van der Waals surface area contributed by atoms with Gasteiger partial charge in [0.25, 0.3) is 5.91 Å². The van der Waals surface area contributed by atoms with Crippen molar-refractivity contribution in [3.8, 4) is 0 Å². The summed E-state index contributed by atoms with van der Waals surface area (Å²) in [6, 6.07) is 9.88. The minimum absolute atomic E-state index is 0.0755. The number of likely N-dealkylation sites (tertiary alicyclic amines) is 1. The van der Waals surface area contributed by atoms with Gasteiger partial charge in [-0.15, -0.1) is 0 Å². The van der Waals surface area contributed by atoms with Crippen LogP contribution in [0.4, 0.5) is 0 Å². The minimum Gasteiger partial charge on any atom is -0.382 e. The first-order chi connectivity index (χ1) is 10.8. The molecule has 1 aromatic carbocycles. The van der Waals surface area contributed by atoms with E-state index in [0.717, 1.165) is 36.8 Å². The topological polar surface area (TPSA) is 54.6 Å². The highest BCUT2D eigenvalue weighted by molar-refractivity contribution is 5.98. The van der Waals surface area contributed by atoms with Gasteiger partial charge in [0.2, 0.25) is 0 Å². The van der Waals surface area contributed by atoms with Gasteiger partial charge in [-0.1, -0.05) is 18.2 Å². The molecule has 2 heterocycles. The van der Waals surface area contributed by atoms with Crippen LogP contribution < -0.4 is 0 Å². The van der Waals surface area contributed by atoms with E-state index in [9.17, 15) is 4.79 Å². The van der Waals surface area contributed by atoms with Crippen molar-refractivity contribution in [3.63, 3.8) is 0 Å². The Bertz CT molecular complexity index is 597. The van der Waals surface area contributed by atoms with Crippen molar-refractivity contribution in [1.82, 2.24) is 9.88 Å². The van der Waals surface area contributed by atoms with E-state index in [0.29, 0.717) is 18.9 Å². The van der Waals surface area contributed by atoms with Gasteiger partial charge >= 0.3 is 0 Å². The summed E-state index contributed by atoms with van der Waals surface area (Å²) in [4.78, 5) is 17.7. The zero-order valence-corrected chi connectivity index (χ0v) is 12.9. The Balaban J connectivity index is 1.57. The molecule has 1 aliphatic rings. The summed E-state index contributed by atoms with van der Waals surface area (Å²) in [5.41, 5.74) is 1.67. The second-order valence-electron chi connectivity index (χ2n) is 5.63. The number of hydrogen-bond acceptors (Lipinski definition) is 3. The number of aromatic nitrogens is 1. The lowest BCUT2D eigenvalue weighted by Gasteiger charge is -2.31. The summed E-state index contributed by atoms with van der Waals surface area (Å²) in [6.45, 7) is 2.73. The normalized spacial score (nSPS) is 16.3. The SMILES string of the molecule is COCCOC1CCN(C(=O)c2cc3ccccc3[nH]2)CC1. The van der Waals surface area contributed by atoms with E-state index in [-0.39, 0.29) is 12.0 Å². The predicted octanol–water partition coefficient (Wildman–Crippen LogP) is 2.44. The summed E-state index contributed by atoms with van der Waals surface area (Å²) < 4.78 is 10.7. The maximum atomic E-state index is 12.6. The summed E-state index contributed by atoms with van der Waals surface area (Å²) in [7, 11) is 1.67. The average molecular weight is 302 g/mol. The van der Waals surface area contributed by atoms with Crippen molar-refractivity contribution in [3.05, 3.63) is 36.0 Å². The minimum atomic E-state index is 0.0755. The standard InChI is InChI=1S/C17H22N2O3/c1-21-10-11-22-14-6-8-19(9-7-14)17(20)16-12-13-4-2-3-5-15(13)18-16/h2-5,12,14,18H,6-11H2,1H3. The van der Waals surface area contributed by atoms with Crippen molar-refractivity contribution >= 4 is 16.8 Å². The van der Waals surface area contributed by atoms with Crippen LogP contribution in [-0.4, -0.2) is 55.3 Å². The highest BCUT2D eigenvalue weighted by Crippen LogP contribution is 2.19. The number of hydrogen-bond donors (Lipinski definition) is 1. The van der Waals surface area contributed by atoms with E-state index in [2.05, 4.69) is 4.98 Å². The third-order valence-corrected chi connectivity index (χ3v) is 4.13. The zero-order valence-electron chi connectivity index (χ0n) is 12.9. The van der Waals surface area contributed by atoms with E-state index >= 15 is 0 Å². The first-order valence-electron chi connectivity index (χ1n) is 7.75. The molecule has 0 unspecified atom stereocenters. The van der Waals surface area contributed by atoms with Gasteiger partial charge in [0.05, 0.1) is 19.3 Å². The highest BCUT2D eigenvalue weighted by atomic mass is 16.5. The number of para-hydroxylation sites is 1. The number of H-pyrrole nitrogens is 1. The van der Waals surface area contributed by atoms with Gasteiger partial charge in [-0.05, 0) is 25.0 Å². The molecule has 1 aliphatic heterocycles. The van der Waals surface area contributed by atoms with Crippen LogP contribution in [0.1, 0.15) is 23.3 Å². The molecule has 1 aromatic heterocycles. The number of fused-ring (bicyclic) bond motifs is 1. The lowest BCUT2D eigenvalue weighted by atomic mass is 10.1. The Hall–Kier alpha value is -1.85. The maximum absolute atomic E-state index is 12.6. The van der Waals surface area contributed by atoms with Crippen molar-refractivity contribution in [2.45, 2.75) is 18.9 Å². The number of benzene rings is 1. The number of ether oxygens (including phenoxy) is 2. The van der Waals surface area contributed by atoms with Gasteiger partial charge in [0.1, 0.15) is 5.69 Å². The number of rotatable bonds is 5. The van der Waals surface area contributed by atoms with Gasteiger partial charge in [-0.2, -0.15) is 0 Å². The fraction of sp³-hybridized carbons (Fsp3) is 0.471. The Morgan fingerprint density at radius 3 is 2.77 bits per heavy atom.